The van der Waals surface area contributed by atoms with E-state index in [9.17, 15) is 9.59 Å². The molecule has 2 saturated heterocycles. The largest absolute Gasteiger partial charge is 0.354 e. The van der Waals surface area contributed by atoms with Crippen LogP contribution >= 0.6 is 11.8 Å². The zero-order valence-corrected chi connectivity index (χ0v) is 13.9. The van der Waals surface area contributed by atoms with Gasteiger partial charge in [0.05, 0.1) is 24.3 Å². The van der Waals surface area contributed by atoms with Crippen molar-refractivity contribution in [2.45, 2.75) is 50.1 Å². The van der Waals surface area contributed by atoms with Crippen LogP contribution in [0, 0.1) is 6.92 Å². The summed E-state index contributed by atoms with van der Waals surface area (Å²) in [4.78, 5) is 23.2. The summed E-state index contributed by atoms with van der Waals surface area (Å²) < 4.78 is 1.72. The number of amides is 3. The SMILES string of the molecule is Cc1cn(CCNC(=O)CCCC2SC[C@@H]3NC(=O)NC23)nn1. The van der Waals surface area contributed by atoms with Crippen molar-refractivity contribution in [3.8, 4) is 0 Å². The van der Waals surface area contributed by atoms with E-state index in [0.29, 0.717) is 24.8 Å². The highest BCUT2D eigenvalue weighted by molar-refractivity contribution is 8.00. The number of aryl methyl sites for hydroxylation is 1. The Morgan fingerprint density at radius 3 is 3.17 bits per heavy atom. The van der Waals surface area contributed by atoms with Crippen LogP contribution in [0.15, 0.2) is 6.20 Å². The average Bonchev–Trinajstić information content (AvgIpc) is 3.17. The molecule has 8 nitrogen and oxygen atoms in total. The number of thioether (sulfide) groups is 1. The molecule has 2 unspecified atom stereocenters. The molecular formula is C14H22N6O2S. The predicted molar refractivity (Wildman–Crippen MR) is 87.1 cm³/mol. The van der Waals surface area contributed by atoms with Gasteiger partial charge in [-0.15, -0.1) is 5.10 Å². The first-order chi connectivity index (χ1) is 11.1. The molecule has 0 radical (unpaired) electrons. The first kappa shape index (κ1) is 16.1. The number of hydrogen-bond acceptors (Lipinski definition) is 5. The van der Waals surface area contributed by atoms with Gasteiger partial charge in [0.15, 0.2) is 0 Å². The third kappa shape index (κ3) is 4.15. The zero-order chi connectivity index (χ0) is 16.2. The minimum Gasteiger partial charge on any atom is -0.354 e. The highest BCUT2D eigenvalue weighted by atomic mass is 32.2. The number of nitrogens with one attached hydrogen (secondary N) is 3. The number of hydrogen-bond donors (Lipinski definition) is 3. The molecule has 2 fully saturated rings. The van der Waals surface area contributed by atoms with E-state index in [1.807, 2.05) is 24.9 Å². The second kappa shape index (κ2) is 7.20. The van der Waals surface area contributed by atoms with Gasteiger partial charge < -0.3 is 16.0 Å². The summed E-state index contributed by atoms with van der Waals surface area (Å²) in [5, 5.41) is 17.0. The first-order valence-corrected chi connectivity index (χ1v) is 8.99. The minimum absolute atomic E-state index is 0.0635. The molecule has 0 saturated carbocycles. The molecule has 1 aromatic rings. The predicted octanol–water partition coefficient (Wildman–Crippen LogP) is 0.0384. The molecule has 0 spiro atoms. The monoisotopic (exact) mass is 338 g/mol. The smallest absolute Gasteiger partial charge is 0.315 e. The summed E-state index contributed by atoms with van der Waals surface area (Å²) in [7, 11) is 0. The lowest BCUT2D eigenvalue weighted by atomic mass is 10.0. The lowest BCUT2D eigenvalue weighted by molar-refractivity contribution is -0.121. The van der Waals surface area contributed by atoms with Crippen molar-refractivity contribution in [2.75, 3.05) is 12.3 Å². The van der Waals surface area contributed by atoms with Gasteiger partial charge in [-0.05, 0) is 19.8 Å². The first-order valence-electron chi connectivity index (χ1n) is 7.94. The van der Waals surface area contributed by atoms with Gasteiger partial charge in [-0.2, -0.15) is 11.8 Å². The second-order valence-electron chi connectivity index (χ2n) is 5.99. The van der Waals surface area contributed by atoms with Crippen molar-refractivity contribution >= 4 is 23.7 Å². The van der Waals surface area contributed by atoms with Gasteiger partial charge in [-0.25, -0.2) is 4.79 Å². The molecule has 3 atom stereocenters. The van der Waals surface area contributed by atoms with E-state index in [1.165, 1.54) is 0 Å². The van der Waals surface area contributed by atoms with Crippen LogP contribution in [-0.4, -0.2) is 56.6 Å². The lowest BCUT2D eigenvalue weighted by Gasteiger charge is -2.16. The third-order valence-corrected chi connectivity index (χ3v) is 5.66. The van der Waals surface area contributed by atoms with E-state index in [4.69, 9.17) is 0 Å². The standard InChI is InChI=1S/C14H22N6O2S/c1-9-7-20(19-18-9)6-5-15-12(21)4-2-3-11-13-10(8-23-11)16-14(22)17-13/h7,10-11,13H,2-6,8H2,1H3,(H,15,21)(H2,16,17,22)/t10-,11?,13?/m0/s1. The molecule has 0 bridgehead atoms. The molecule has 3 heterocycles. The quantitative estimate of drug-likeness (QED) is 0.609. The molecule has 0 aliphatic carbocycles. The molecule has 0 aromatic carbocycles. The van der Waals surface area contributed by atoms with Crippen LogP contribution in [0.2, 0.25) is 0 Å². The van der Waals surface area contributed by atoms with Gasteiger partial charge in [0.2, 0.25) is 5.91 Å². The molecule has 3 rings (SSSR count). The van der Waals surface area contributed by atoms with Crippen molar-refractivity contribution in [1.29, 1.82) is 0 Å². The Balaban J connectivity index is 1.30. The van der Waals surface area contributed by atoms with Crippen molar-refractivity contribution in [3.05, 3.63) is 11.9 Å². The van der Waals surface area contributed by atoms with Crippen molar-refractivity contribution < 1.29 is 9.59 Å². The maximum absolute atomic E-state index is 11.8. The van der Waals surface area contributed by atoms with Crippen LogP contribution in [-0.2, 0) is 11.3 Å². The van der Waals surface area contributed by atoms with Gasteiger partial charge in [-0.1, -0.05) is 5.21 Å². The Labute approximate surface area is 139 Å². The van der Waals surface area contributed by atoms with E-state index >= 15 is 0 Å². The maximum Gasteiger partial charge on any atom is 0.315 e. The van der Waals surface area contributed by atoms with E-state index in [1.54, 1.807) is 4.68 Å². The fraction of sp³-hybridized carbons (Fsp3) is 0.714. The molecule has 1 aromatic heterocycles. The van der Waals surface area contributed by atoms with E-state index in [-0.39, 0.29) is 24.0 Å². The van der Waals surface area contributed by atoms with Crippen molar-refractivity contribution in [3.63, 3.8) is 0 Å². The molecule has 2 aliphatic rings. The fourth-order valence-electron chi connectivity index (χ4n) is 3.01. The number of carbonyl (C=O) groups excluding carboxylic acids is 2. The average molecular weight is 338 g/mol. The van der Waals surface area contributed by atoms with E-state index in [0.717, 1.165) is 24.3 Å². The van der Waals surface area contributed by atoms with Crippen molar-refractivity contribution in [1.82, 2.24) is 30.9 Å². The summed E-state index contributed by atoms with van der Waals surface area (Å²) in [6.07, 6.45) is 4.16. The summed E-state index contributed by atoms with van der Waals surface area (Å²) in [5.41, 5.74) is 0.872. The van der Waals surface area contributed by atoms with Crippen LogP contribution < -0.4 is 16.0 Å². The number of carbonyl (C=O) groups is 2. The van der Waals surface area contributed by atoms with E-state index < -0.39 is 0 Å². The molecule has 2 aliphatic heterocycles. The van der Waals surface area contributed by atoms with Gasteiger partial charge in [0, 0.05) is 30.2 Å². The number of fused-ring (bicyclic) bond motifs is 1. The van der Waals surface area contributed by atoms with Gasteiger partial charge in [0.25, 0.3) is 0 Å². The van der Waals surface area contributed by atoms with Gasteiger partial charge in [-0.3, -0.25) is 9.48 Å². The van der Waals surface area contributed by atoms with Crippen LogP contribution in [0.25, 0.3) is 0 Å². The van der Waals surface area contributed by atoms with Crippen LogP contribution in [0.5, 0.6) is 0 Å². The lowest BCUT2D eigenvalue weighted by Crippen LogP contribution is -2.37. The van der Waals surface area contributed by atoms with Gasteiger partial charge >= 0.3 is 6.03 Å². The normalized spacial score (nSPS) is 25.8. The van der Waals surface area contributed by atoms with E-state index in [2.05, 4.69) is 26.3 Å². The fourth-order valence-corrected chi connectivity index (χ4v) is 4.55. The van der Waals surface area contributed by atoms with Crippen LogP contribution in [0.3, 0.4) is 0 Å². The Bertz CT molecular complexity index is 577. The second-order valence-corrected chi connectivity index (χ2v) is 7.26. The van der Waals surface area contributed by atoms with Crippen LogP contribution in [0.4, 0.5) is 4.79 Å². The minimum atomic E-state index is -0.0635. The summed E-state index contributed by atoms with van der Waals surface area (Å²) in [6.45, 7) is 3.08. The highest BCUT2D eigenvalue weighted by Crippen LogP contribution is 2.32. The third-order valence-electron chi connectivity index (χ3n) is 4.15. The highest BCUT2D eigenvalue weighted by Gasteiger charge is 2.42. The molecule has 126 valence electrons. The maximum atomic E-state index is 11.8. The Kier molecular flexibility index (Phi) is 5.04. The van der Waals surface area contributed by atoms with Crippen LogP contribution in [0.1, 0.15) is 25.0 Å². The molecular weight excluding hydrogens is 316 g/mol. The zero-order valence-electron chi connectivity index (χ0n) is 13.1. The summed E-state index contributed by atoms with van der Waals surface area (Å²) in [5.74, 6) is 1.02. The summed E-state index contributed by atoms with van der Waals surface area (Å²) in [6, 6.07) is 0.398. The Hall–Kier alpha value is -1.77. The Morgan fingerprint density at radius 1 is 1.52 bits per heavy atom. The Morgan fingerprint density at radius 2 is 2.39 bits per heavy atom. The number of nitrogens with zero attached hydrogens (tertiary/aromatic N) is 3. The molecule has 9 heteroatoms. The molecule has 3 amide bonds. The number of rotatable bonds is 7. The van der Waals surface area contributed by atoms with Gasteiger partial charge in [0.1, 0.15) is 0 Å². The molecule has 3 N–H and O–H groups in total. The number of aromatic nitrogens is 3. The van der Waals surface area contributed by atoms with Crippen molar-refractivity contribution in [2.24, 2.45) is 0 Å². The molecule has 23 heavy (non-hydrogen) atoms. The summed E-state index contributed by atoms with van der Waals surface area (Å²) >= 11 is 1.88. The topological polar surface area (TPSA) is 101 Å². The number of urea groups is 1.